The molecular weight excluding hydrogens is 252 g/mol. The minimum absolute atomic E-state index is 0.0319. The Morgan fingerprint density at radius 2 is 2.00 bits per heavy atom. The minimum Gasteiger partial charge on any atom is -0.374 e. The van der Waals surface area contributed by atoms with Gasteiger partial charge >= 0.3 is 0 Å². The van der Waals surface area contributed by atoms with Crippen LogP contribution in [0, 0.1) is 11.8 Å². The lowest BCUT2D eigenvalue weighted by Gasteiger charge is -2.32. The average Bonchev–Trinajstić information content (AvgIpc) is 2.67. The van der Waals surface area contributed by atoms with E-state index in [1.165, 1.54) is 17.7 Å². The van der Waals surface area contributed by atoms with Gasteiger partial charge < -0.3 is 4.74 Å². The molecule has 2 heteroatoms. The molecule has 1 aromatic carbocycles. The van der Waals surface area contributed by atoms with Crippen LogP contribution in [0.2, 0.25) is 0 Å². The van der Waals surface area contributed by atoms with Crippen LogP contribution in [0.3, 0.4) is 0 Å². The van der Waals surface area contributed by atoms with Gasteiger partial charge in [0, 0.05) is 10.1 Å². The molecule has 1 heterocycles. The van der Waals surface area contributed by atoms with Crippen LogP contribution in [0.15, 0.2) is 35.2 Å². The second kappa shape index (κ2) is 6.32. The van der Waals surface area contributed by atoms with Crippen LogP contribution in [-0.4, -0.2) is 17.5 Å². The van der Waals surface area contributed by atoms with E-state index in [4.69, 9.17) is 4.74 Å². The van der Waals surface area contributed by atoms with Gasteiger partial charge in [0.05, 0.1) is 12.2 Å². The molecule has 1 aliphatic heterocycles. The molecule has 19 heavy (non-hydrogen) atoms. The fourth-order valence-electron chi connectivity index (χ4n) is 2.77. The van der Waals surface area contributed by atoms with Gasteiger partial charge in [-0.15, -0.1) is 11.8 Å². The summed E-state index contributed by atoms with van der Waals surface area (Å²) in [5.74, 6) is 1.38. The molecule has 0 amide bonds. The monoisotopic (exact) mass is 278 g/mol. The Labute approximate surface area is 122 Å². The van der Waals surface area contributed by atoms with Crippen LogP contribution in [0.1, 0.15) is 40.5 Å². The summed E-state index contributed by atoms with van der Waals surface area (Å²) in [6.07, 6.45) is 2.41. The third-order valence-corrected chi connectivity index (χ3v) is 5.78. The maximum absolute atomic E-state index is 6.17. The SMILES string of the molecule is CC(C)CC[C@]1(C)OC[C@@H](C)[C@H]1Sc1ccccc1. The van der Waals surface area contributed by atoms with Gasteiger partial charge in [-0.25, -0.2) is 0 Å². The van der Waals surface area contributed by atoms with Gasteiger partial charge in [-0.05, 0) is 43.7 Å². The van der Waals surface area contributed by atoms with Gasteiger partial charge in [0.2, 0.25) is 0 Å². The number of thioether (sulfide) groups is 1. The quantitative estimate of drug-likeness (QED) is 0.749. The summed E-state index contributed by atoms with van der Waals surface area (Å²) < 4.78 is 6.17. The highest BCUT2D eigenvalue weighted by molar-refractivity contribution is 8.00. The maximum atomic E-state index is 6.17. The van der Waals surface area contributed by atoms with E-state index in [0.717, 1.165) is 12.5 Å². The first-order valence-corrected chi connectivity index (χ1v) is 8.25. The van der Waals surface area contributed by atoms with E-state index in [1.54, 1.807) is 0 Å². The van der Waals surface area contributed by atoms with Crippen molar-refractivity contribution < 1.29 is 4.74 Å². The van der Waals surface area contributed by atoms with Crippen molar-refractivity contribution in [2.45, 2.75) is 56.3 Å². The highest BCUT2D eigenvalue weighted by Gasteiger charge is 2.44. The van der Waals surface area contributed by atoms with Crippen LogP contribution in [-0.2, 0) is 4.74 Å². The van der Waals surface area contributed by atoms with Crippen molar-refractivity contribution >= 4 is 11.8 Å². The minimum atomic E-state index is 0.0319. The largest absolute Gasteiger partial charge is 0.374 e. The van der Waals surface area contributed by atoms with Crippen molar-refractivity contribution in [2.75, 3.05) is 6.61 Å². The van der Waals surface area contributed by atoms with Crippen molar-refractivity contribution in [1.82, 2.24) is 0 Å². The van der Waals surface area contributed by atoms with E-state index in [0.29, 0.717) is 11.2 Å². The highest BCUT2D eigenvalue weighted by Crippen LogP contribution is 2.44. The Bertz CT molecular complexity index is 390. The van der Waals surface area contributed by atoms with Crippen LogP contribution in [0.5, 0.6) is 0 Å². The Morgan fingerprint density at radius 1 is 1.32 bits per heavy atom. The van der Waals surface area contributed by atoms with E-state index in [-0.39, 0.29) is 5.60 Å². The molecule has 0 N–H and O–H groups in total. The third kappa shape index (κ3) is 3.76. The molecule has 2 rings (SSSR count). The molecule has 0 aromatic heterocycles. The predicted octanol–water partition coefficient (Wildman–Crippen LogP) is 5.01. The molecule has 1 saturated heterocycles. The fourth-order valence-corrected chi connectivity index (χ4v) is 4.12. The second-order valence-corrected chi connectivity index (χ2v) is 7.60. The summed E-state index contributed by atoms with van der Waals surface area (Å²) in [5.41, 5.74) is 0.0319. The Kier molecular flexibility index (Phi) is 4.97. The molecule has 106 valence electrons. The molecule has 0 saturated carbocycles. The Balaban J connectivity index is 2.06. The normalized spacial score (nSPS) is 31.0. The average molecular weight is 278 g/mol. The van der Waals surface area contributed by atoms with Gasteiger partial charge in [0.25, 0.3) is 0 Å². The number of hydrogen-bond donors (Lipinski definition) is 0. The lowest BCUT2D eigenvalue weighted by molar-refractivity contribution is 0.0111. The number of benzene rings is 1. The molecule has 0 bridgehead atoms. The summed E-state index contributed by atoms with van der Waals surface area (Å²) in [5, 5.41) is 0.564. The standard InChI is InChI=1S/C17H26OS/c1-13(2)10-11-17(4)16(14(3)12-18-17)19-15-8-6-5-7-9-15/h5-9,13-14,16H,10-12H2,1-4H3/t14-,16-,17+/m1/s1. The lowest BCUT2D eigenvalue weighted by Crippen LogP contribution is -2.36. The zero-order valence-corrected chi connectivity index (χ0v) is 13.4. The lowest BCUT2D eigenvalue weighted by atomic mass is 9.89. The third-order valence-electron chi connectivity index (χ3n) is 4.02. The molecule has 1 fully saturated rings. The first-order chi connectivity index (χ1) is 9.01. The van der Waals surface area contributed by atoms with Crippen molar-refractivity contribution in [3.05, 3.63) is 30.3 Å². The van der Waals surface area contributed by atoms with Crippen LogP contribution in [0.4, 0.5) is 0 Å². The van der Waals surface area contributed by atoms with Crippen LogP contribution < -0.4 is 0 Å². The van der Waals surface area contributed by atoms with Gasteiger partial charge in [-0.1, -0.05) is 39.0 Å². The zero-order valence-electron chi connectivity index (χ0n) is 12.6. The van der Waals surface area contributed by atoms with Gasteiger partial charge in [0.15, 0.2) is 0 Å². The molecule has 0 aliphatic carbocycles. The Morgan fingerprint density at radius 3 is 2.63 bits per heavy atom. The van der Waals surface area contributed by atoms with E-state index in [2.05, 4.69) is 58.0 Å². The smallest absolute Gasteiger partial charge is 0.0779 e. The van der Waals surface area contributed by atoms with E-state index < -0.39 is 0 Å². The van der Waals surface area contributed by atoms with Crippen molar-refractivity contribution in [2.24, 2.45) is 11.8 Å². The first kappa shape index (κ1) is 14.9. The van der Waals surface area contributed by atoms with Gasteiger partial charge in [-0.3, -0.25) is 0 Å². The topological polar surface area (TPSA) is 9.23 Å². The predicted molar refractivity (Wildman–Crippen MR) is 83.7 cm³/mol. The Hall–Kier alpha value is -0.470. The van der Waals surface area contributed by atoms with E-state index >= 15 is 0 Å². The van der Waals surface area contributed by atoms with E-state index in [1.807, 2.05) is 11.8 Å². The summed E-state index contributed by atoms with van der Waals surface area (Å²) in [6, 6.07) is 10.7. The van der Waals surface area contributed by atoms with Gasteiger partial charge in [-0.2, -0.15) is 0 Å². The fraction of sp³-hybridized carbons (Fsp3) is 0.647. The van der Waals surface area contributed by atoms with Crippen molar-refractivity contribution in [3.8, 4) is 0 Å². The van der Waals surface area contributed by atoms with E-state index in [9.17, 15) is 0 Å². The zero-order chi connectivity index (χ0) is 13.9. The second-order valence-electron chi connectivity index (χ2n) is 6.38. The number of hydrogen-bond acceptors (Lipinski definition) is 2. The molecule has 3 atom stereocenters. The summed E-state index contributed by atoms with van der Waals surface area (Å²) in [4.78, 5) is 1.36. The van der Waals surface area contributed by atoms with Crippen LogP contribution in [0.25, 0.3) is 0 Å². The highest BCUT2D eigenvalue weighted by atomic mass is 32.2. The molecule has 0 radical (unpaired) electrons. The first-order valence-electron chi connectivity index (χ1n) is 7.37. The maximum Gasteiger partial charge on any atom is 0.0779 e. The van der Waals surface area contributed by atoms with Crippen LogP contribution >= 0.6 is 11.8 Å². The molecule has 1 aromatic rings. The molecule has 1 aliphatic rings. The van der Waals surface area contributed by atoms with Crippen molar-refractivity contribution in [3.63, 3.8) is 0 Å². The van der Waals surface area contributed by atoms with Crippen molar-refractivity contribution in [1.29, 1.82) is 0 Å². The molecule has 0 spiro atoms. The molecule has 1 nitrogen and oxygen atoms in total. The molecule has 0 unspecified atom stereocenters. The molecular formula is C17H26OS. The summed E-state index contributed by atoms with van der Waals surface area (Å²) in [7, 11) is 0. The number of ether oxygens (including phenoxy) is 1. The summed E-state index contributed by atoms with van der Waals surface area (Å²) in [6.45, 7) is 10.1. The summed E-state index contributed by atoms with van der Waals surface area (Å²) >= 11 is 1.99. The van der Waals surface area contributed by atoms with Gasteiger partial charge in [0.1, 0.15) is 0 Å². The number of rotatable bonds is 5.